The van der Waals surface area contributed by atoms with Crippen molar-refractivity contribution in [2.45, 2.75) is 32.4 Å². The van der Waals surface area contributed by atoms with Crippen LogP contribution in [-0.2, 0) is 11.3 Å². The van der Waals surface area contributed by atoms with Gasteiger partial charge in [-0.05, 0) is 50.9 Å². The largest absolute Gasteiger partial charge is 0.467 e. The van der Waals surface area contributed by atoms with Gasteiger partial charge >= 0.3 is 0 Å². The van der Waals surface area contributed by atoms with E-state index in [9.17, 15) is 9.90 Å². The normalized spacial score (nSPS) is 19.3. The van der Waals surface area contributed by atoms with Crippen LogP contribution in [0.1, 0.15) is 25.5 Å². The van der Waals surface area contributed by atoms with E-state index in [1.54, 1.807) is 6.26 Å². The van der Waals surface area contributed by atoms with E-state index in [0.717, 1.165) is 31.7 Å². The van der Waals surface area contributed by atoms with Crippen LogP contribution >= 0.6 is 0 Å². The third-order valence-corrected chi connectivity index (χ3v) is 3.72. The van der Waals surface area contributed by atoms with Gasteiger partial charge in [-0.15, -0.1) is 0 Å². The summed E-state index contributed by atoms with van der Waals surface area (Å²) in [7, 11) is 0. The fourth-order valence-electron chi connectivity index (χ4n) is 2.45. The summed E-state index contributed by atoms with van der Waals surface area (Å²) < 4.78 is 5.16. The standard InChI is InChI=1S/C14H22N2O3/c1-11(17)12-4-6-16(7-5-12)10-14(18)15-9-13-3-2-8-19-13/h2-3,8,11-12,17H,4-7,9-10H2,1H3,(H,15,18). The maximum Gasteiger partial charge on any atom is 0.234 e. The average molecular weight is 266 g/mol. The van der Waals surface area contributed by atoms with Gasteiger partial charge in [-0.25, -0.2) is 0 Å². The van der Waals surface area contributed by atoms with Crippen molar-refractivity contribution in [2.24, 2.45) is 5.92 Å². The molecule has 1 aromatic heterocycles. The Bertz CT molecular complexity index is 381. The number of carbonyl (C=O) groups is 1. The first-order valence-corrected chi connectivity index (χ1v) is 6.84. The molecule has 1 atom stereocenters. The van der Waals surface area contributed by atoms with Gasteiger partial charge in [-0.3, -0.25) is 9.69 Å². The molecule has 2 rings (SSSR count). The number of carbonyl (C=O) groups excluding carboxylic acids is 1. The van der Waals surface area contributed by atoms with Crippen molar-refractivity contribution in [3.63, 3.8) is 0 Å². The number of hydrogen-bond donors (Lipinski definition) is 2. The highest BCUT2D eigenvalue weighted by molar-refractivity contribution is 5.77. The quantitative estimate of drug-likeness (QED) is 0.834. The Labute approximate surface area is 113 Å². The molecule has 1 saturated heterocycles. The van der Waals surface area contributed by atoms with Crippen molar-refractivity contribution in [3.8, 4) is 0 Å². The molecule has 0 spiro atoms. The Morgan fingerprint density at radius 2 is 2.32 bits per heavy atom. The summed E-state index contributed by atoms with van der Waals surface area (Å²) in [5.74, 6) is 1.16. The molecule has 2 N–H and O–H groups in total. The molecule has 1 amide bonds. The van der Waals surface area contributed by atoms with Gasteiger partial charge in [0.25, 0.3) is 0 Å². The lowest BCUT2D eigenvalue weighted by atomic mass is 9.92. The predicted octanol–water partition coefficient (Wildman–Crippen LogP) is 0.989. The molecule has 19 heavy (non-hydrogen) atoms. The Morgan fingerprint density at radius 3 is 2.89 bits per heavy atom. The number of nitrogens with zero attached hydrogens (tertiary/aromatic N) is 1. The van der Waals surface area contributed by atoms with Gasteiger partial charge in [0.15, 0.2) is 0 Å². The third-order valence-electron chi connectivity index (χ3n) is 3.72. The monoisotopic (exact) mass is 266 g/mol. The maximum absolute atomic E-state index is 11.8. The molecule has 1 aliphatic heterocycles. The Hall–Kier alpha value is -1.33. The lowest BCUT2D eigenvalue weighted by molar-refractivity contribution is -0.122. The summed E-state index contributed by atoms with van der Waals surface area (Å²) in [6.45, 7) is 4.47. The minimum atomic E-state index is -0.241. The van der Waals surface area contributed by atoms with Crippen molar-refractivity contribution >= 4 is 5.91 Å². The van der Waals surface area contributed by atoms with Crippen LogP contribution in [-0.4, -0.2) is 41.7 Å². The van der Waals surface area contributed by atoms with Gasteiger partial charge in [-0.2, -0.15) is 0 Å². The Morgan fingerprint density at radius 1 is 1.58 bits per heavy atom. The number of hydrogen-bond acceptors (Lipinski definition) is 4. The van der Waals surface area contributed by atoms with Crippen LogP contribution in [0.15, 0.2) is 22.8 Å². The van der Waals surface area contributed by atoms with E-state index in [0.29, 0.717) is 19.0 Å². The highest BCUT2D eigenvalue weighted by Gasteiger charge is 2.23. The SMILES string of the molecule is CC(O)C1CCN(CC(=O)NCc2ccco2)CC1. The van der Waals surface area contributed by atoms with Crippen LogP contribution in [0.4, 0.5) is 0 Å². The summed E-state index contributed by atoms with van der Waals surface area (Å²) in [4.78, 5) is 13.9. The number of aliphatic hydroxyl groups is 1. The third kappa shape index (κ3) is 4.36. The first-order valence-electron chi connectivity index (χ1n) is 6.84. The minimum Gasteiger partial charge on any atom is -0.467 e. The van der Waals surface area contributed by atoms with Gasteiger partial charge < -0.3 is 14.8 Å². The van der Waals surface area contributed by atoms with Gasteiger partial charge in [0.2, 0.25) is 5.91 Å². The Balaban J connectivity index is 1.66. The van der Waals surface area contributed by atoms with E-state index in [1.807, 2.05) is 19.1 Å². The number of nitrogens with one attached hydrogen (secondary N) is 1. The molecule has 0 aliphatic carbocycles. The fraction of sp³-hybridized carbons (Fsp3) is 0.643. The number of aliphatic hydroxyl groups excluding tert-OH is 1. The van der Waals surface area contributed by atoms with Crippen LogP contribution in [0.2, 0.25) is 0 Å². The van der Waals surface area contributed by atoms with E-state index in [-0.39, 0.29) is 12.0 Å². The molecule has 5 nitrogen and oxygen atoms in total. The summed E-state index contributed by atoms with van der Waals surface area (Å²) in [5.41, 5.74) is 0. The number of amides is 1. The van der Waals surface area contributed by atoms with Crippen LogP contribution in [0.25, 0.3) is 0 Å². The second-order valence-electron chi connectivity index (χ2n) is 5.21. The Kier molecular flexibility index (Phi) is 4.99. The van der Waals surface area contributed by atoms with Crippen LogP contribution < -0.4 is 5.32 Å². The van der Waals surface area contributed by atoms with Crippen molar-refractivity contribution in [3.05, 3.63) is 24.2 Å². The molecular formula is C14H22N2O3. The summed E-state index contributed by atoms with van der Waals surface area (Å²) >= 11 is 0. The fourth-order valence-corrected chi connectivity index (χ4v) is 2.45. The molecule has 2 heterocycles. The van der Waals surface area contributed by atoms with Gasteiger partial charge in [0.05, 0.1) is 25.5 Å². The lowest BCUT2D eigenvalue weighted by Gasteiger charge is -2.32. The zero-order valence-corrected chi connectivity index (χ0v) is 11.3. The molecule has 0 aromatic carbocycles. The van der Waals surface area contributed by atoms with E-state index in [2.05, 4.69) is 10.2 Å². The van der Waals surface area contributed by atoms with Gasteiger partial charge in [0, 0.05) is 0 Å². The molecule has 1 aliphatic rings. The topological polar surface area (TPSA) is 65.7 Å². The smallest absolute Gasteiger partial charge is 0.234 e. The van der Waals surface area contributed by atoms with E-state index in [1.165, 1.54) is 0 Å². The summed E-state index contributed by atoms with van der Waals surface area (Å²) in [6.07, 6.45) is 3.28. The second-order valence-corrected chi connectivity index (χ2v) is 5.21. The zero-order chi connectivity index (χ0) is 13.7. The zero-order valence-electron chi connectivity index (χ0n) is 11.3. The summed E-state index contributed by atoms with van der Waals surface area (Å²) in [6, 6.07) is 3.65. The minimum absolute atomic E-state index is 0.0203. The molecule has 5 heteroatoms. The van der Waals surface area contributed by atoms with Crippen LogP contribution in [0.3, 0.4) is 0 Å². The molecule has 0 saturated carbocycles. The molecular weight excluding hydrogens is 244 g/mol. The number of furan rings is 1. The van der Waals surface area contributed by atoms with E-state index < -0.39 is 0 Å². The van der Waals surface area contributed by atoms with E-state index >= 15 is 0 Å². The highest BCUT2D eigenvalue weighted by atomic mass is 16.3. The number of rotatable bonds is 5. The lowest BCUT2D eigenvalue weighted by Crippen LogP contribution is -2.42. The average Bonchev–Trinajstić information content (AvgIpc) is 2.90. The predicted molar refractivity (Wildman–Crippen MR) is 71.4 cm³/mol. The van der Waals surface area contributed by atoms with E-state index in [4.69, 9.17) is 4.42 Å². The molecule has 1 fully saturated rings. The van der Waals surface area contributed by atoms with Crippen molar-refractivity contribution in [1.29, 1.82) is 0 Å². The maximum atomic E-state index is 11.8. The van der Waals surface area contributed by atoms with Gasteiger partial charge in [0.1, 0.15) is 5.76 Å². The molecule has 0 bridgehead atoms. The van der Waals surface area contributed by atoms with Crippen molar-refractivity contribution < 1.29 is 14.3 Å². The number of likely N-dealkylation sites (tertiary alicyclic amines) is 1. The van der Waals surface area contributed by atoms with Crippen LogP contribution in [0.5, 0.6) is 0 Å². The first-order chi connectivity index (χ1) is 9.15. The number of piperidine rings is 1. The first kappa shape index (κ1) is 14.1. The van der Waals surface area contributed by atoms with Crippen LogP contribution in [0, 0.1) is 5.92 Å². The second kappa shape index (κ2) is 6.73. The molecule has 1 aromatic rings. The van der Waals surface area contributed by atoms with Crippen molar-refractivity contribution in [2.75, 3.05) is 19.6 Å². The summed E-state index contributed by atoms with van der Waals surface area (Å²) in [5, 5.41) is 12.4. The molecule has 0 radical (unpaired) electrons. The van der Waals surface area contributed by atoms with Crippen molar-refractivity contribution in [1.82, 2.24) is 10.2 Å². The molecule has 1 unspecified atom stereocenters. The molecule has 106 valence electrons. The van der Waals surface area contributed by atoms with Gasteiger partial charge in [-0.1, -0.05) is 0 Å². The highest BCUT2D eigenvalue weighted by Crippen LogP contribution is 2.20.